The van der Waals surface area contributed by atoms with Crippen LogP contribution in [0.5, 0.6) is 5.75 Å². The van der Waals surface area contributed by atoms with Gasteiger partial charge in [-0.3, -0.25) is 4.68 Å². The molecule has 1 aliphatic carbocycles. The van der Waals surface area contributed by atoms with Gasteiger partial charge in [0.05, 0.1) is 17.7 Å². The van der Waals surface area contributed by atoms with Crippen molar-refractivity contribution in [3.05, 3.63) is 41.9 Å². The predicted octanol–water partition coefficient (Wildman–Crippen LogP) is 2.87. The van der Waals surface area contributed by atoms with E-state index in [1.807, 2.05) is 7.05 Å². The molecule has 1 atom stereocenters. The second-order valence-electron chi connectivity index (χ2n) is 6.91. The average molecular weight is 353 g/mol. The number of nitrogens with zero attached hydrogens (tertiary/aromatic N) is 4. The number of phenols is 1. The Hall–Kier alpha value is -2.67. The van der Waals surface area contributed by atoms with Crippen molar-refractivity contribution in [3.63, 3.8) is 0 Å². The van der Waals surface area contributed by atoms with E-state index >= 15 is 0 Å². The van der Waals surface area contributed by atoms with Crippen LogP contribution in [0.25, 0.3) is 11.0 Å². The summed E-state index contributed by atoms with van der Waals surface area (Å²) in [6.07, 6.45) is 5.74. The summed E-state index contributed by atoms with van der Waals surface area (Å²) in [6, 6.07) is 6.57. The molecule has 3 aromatic rings. The molecule has 136 valence electrons. The van der Waals surface area contributed by atoms with Gasteiger partial charge in [0.1, 0.15) is 17.4 Å². The first-order valence-corrected chi connectivity index (χ1v) is 9.02. The Kier molecular flexibility index (Phi) is 4.46. The van der Waals surface area contributed by atoms with Gasteiger partial charge in [-0.25, -0.2) is 9.97 Å². The summed E-state index contributed by atoms with van der Waals surface area (Å²) in [5, 5.41) is 28.2. The second kappa shape index (κ2) is 6.92. The Labute approximate surface area is 151 Å². The van der Waals surface area contributed by atoms with E-state index < -0.39 is 6.10 Å². The Balaban J connectivity index is 1.59. The number of aryl methyl sites for hydroxylation is 1. The van der Waals surface area contributed by atoms with Crippen LogP contribution < -0.4 is 5.32 Å². The number of aromatic hydroxyl groups is 1. The van der Waals surface area contributed by atoms with E-state index in [1.165, 1.54) is 12.8 Å². The van der Waals surface area contributed by atoms with Gasteiger partial charge >= 0.3 is 0 Å². The van der Waals surface area contributed by atoms with Crippen LogP contribution in [-0.2, 0) is 7.05 Å². The number of benzene rings is 1. The zero-order chi connectivity index (χ0) is 18.1. The Bertz CT molecular complexity index is 900. The smallest absolute Gasteiger partial charge is 0.163 e. The first-order valence-electron chi connectivity index (χ1n) is 9.02. The fraction of sp³-hybridized carbons (Fsp3) is 0.421. The summed E-state index contributed by atoms with van der Waals surface area (Å²) in [5.74, 6) is 2.16. The number of rotatable bonds is 5. The zero-order valence-electron chi connectivity index (χ0n) is 14.8. The maximum absolute atomic E-state index is 10.4. The normalized spacial score (nSPS) is 16.2. The number of anilines is 1. The Morgan fingerprint density at radius 2 is 1.92 bits per heavy atom. The van der Waals surface area contributed by atoms with Gasteiger partial charge in [0.25, 0.3) is 0 Å². The van der Waals surface area contributed by atoms with Crippen molar-refractivity contribution >= 4 is 16.9 Å². The molecule has 2 heterocycles. The molecule has 26 heavy (non-hydrogen) atoms. The highest BCUT2D eigenvalue weighted by Crippen LogP contribution is 2.34. The molecule has 1 saturated carbocycles. The molecule has 4 rings (SSSR count). The molecule has 7 nitrogen and oxygen atoms in total. The Morgan fingerprint density at radius 1 is 1.19 bits per heavy atom. The van der Waals surface area contributed by atoms with Crippen molar-refractivity contribution in [3.8, 4) is 5.75 Å². The molecule has 1 aromatic carbocycles. The minimum absolute atomic E-state index is 0.183. The van der Waals surface area contributed by atoms with Crippen molar-refractivity contribution in [1.29, 1.82) is 0 Å². The largest absolute Gasteiger partial charge is 0.508 e. The number of phenolic OH excluding ortho intramolecular Hbond substituents is 1. The van der Waals surface area contributed by atoms with Gasteiger partial charge in [0, 0.05) is 19.5 Å². The highest BCUT2D eigenvalue weighted by molar-refractivity contribution is 5.86. The number of hydrogen-bond acceptors (Lipinski definition) is 6. The van der Waals surface area contributed by atoms with E-state index in [0.717, 1.165) is 35.3 Å². The molecule has 1 aliphatic rings. The second-order valence-corrected chi connectivity index (χ2v) is 6.91. The quantitative estimate of drug-likeness (QED) is 0.653. The molecule has 0 aliphatic heterocycles. The van der Waals surface area contributed by atoms with Crippen molar-refractivity contribution < 1.29 is 10.2 Å². The lowest BCUT2D eigenvalue weighted by atomic mass is 10.1. The van der Waals surface area contributed by atoms with Crippen LogP contribution in [0.15, 0.2) is 30.5 Å². The van der Waals surface area contributed by atoms with E-state index in [-0.39, 0.29) is 5.75 Å². The maximum Gasteiger partial charge on any atom is 0.163 e. The molecule has 0 spiro atoms. The van der Waals surface area contributed by atoms with Gasteiger partial charge in [0.2, 0.25) is 0 Å². The van der Waals surface area contributed by atoms with E-state index in [4.69, 9.17) is 9.97 Å². The average Bonchev–Trinajstić information content (AvgIpc) is 3.30. The van der Waals surface area contributed by atoms with E-state index in [0.29, 0.717) is 18.3 Å². The molecular formula is C19H23N5O2. The number of aliphatic hydroxyl groups excluding tert-OH is 1. The molecule has 0 amide bonds. The van der Waals surface area contributed by atoms with Gasteiger partial charge in [-0.2, -0.15) is 5.10 Å². The van der Waals surface area contributed by atoms with Crippen molar-refractivity contribution in [2.75, 3.05) is 11.9 Å². The van der Waals surface area contributed by atoms with Gasteiger partial charge in [-0.1, -0.05) is 25.0 Å². The topological polar surface area (TPSA) is 96.1 Å². The van der Waals surface area contributed by atoms with Crippen molar-refractivity contribution in [2.45, 2.75) is 37.7 Å². The lowest BCUT2D eigenvalue weighted by Crippen LogP contribution is -2.14. The summed E-state index contributed by atoms with van der Waals surface area (Å²) in [5.41, 5.74) is 1.55. The van der Waals surface area contributed by atoms with Gasteiger partial charge in [-0.05, 0) is 30.5 Å². The van der Waals surface area contributed by atoms with Crippen LogP contribution in [0.3, 0.4) is 0 Å². The van der Waals surface area contributed by atoms with E-state index in [9.17, 15) is 10.2 Å². The van der Waals surface area contributed by atoms with Crippen LogP contribution in [0.4, 0.5) is 5.82 Å². The van der Waals surface area contributed by atoms with Gasteiger partial charge < -0.3 is 15.5 Å². The lowest BCUT2D eigenvalue weighted by Gasteiger charge is -2.15. The number of fused-ring (bicyclic) bond motifs is 1. The standard InChI is InChI=1S/C19H23N5O2/c1-24-19-15(10-21-24)18(22-17(23-19)13-4-2-3-5-13)20-11-16(26)12-6-8-14(25)9-7-12/h6-10,13,16,25-26H,2-5,11H2,1H3,(H,20,22,23)/t16-/m1/s1. The van der Waals surface area contributed by atoms with Crippen LogP contribution >= 0.6 is 0 Å². The monoisotopic (exact) mass is 353 g/mol. The Morgan fingerprint density at radius 3 is 2.65 bits per heavy atom. The summed E-state index contributed by atoms with van der Waals surface area (Å²) in [7, 11) is 1.88. The molecule has 0 saturated heterocycles. The summed E-state index contributed by atoms with van der Waals surface area (Å²) in [4.78, 5) is 9.48. The van der Waals surface area contributed by atoms with Gasteiger partial charge in [-0.15, -0.1) is 0 Å². The molecule has 7 heteroatoms. The maximum atomic E-state index is 10.4. The SMILES string of the molecule is Cn1ncc2c(NC[C@@H](O)c3ccc(O)cc3)nc(C3CCCC3)nc21. The third-order valence-corrected chi connectivity index (χ3v) is 5.07. The van der Waals surface area contributed by atoms with E-state index in [1.54, 1.807) is 35.1 Å². The highest BCUT2D eigenvalue weighted by Gasteiger charge is 2.22. The summed E-state index contributed by atoms with van der Waals surface area (Å²) >= 11 is 0. The van der Waals surface area contributed by atoms with Crippen LogP contribution in [0.1, 0.15) is 49.1 Å². The third-order valence-electron chi connectivity index (χ3n) is 5.07. The fourth-order valence-corrected chi connectivity index (χ4v) is 3.55. The number of aromatic nitrogens is 4. The minimum atomic E-state index is -0.702. The first kappa shape index (κ1) is 16.8. The van der Waals surface area contributed by atoms with Crippen LogP contribution in [0.2, 0.25) is 0 Å². The van der Waals surface area contributed by atoms with Crippen LogP contribution in [-0.4, -0.2) is 36.5 Å². The molecule has 0 unspecified atom stereocenters. The first-order chi connectivity index (χ1) is 12.6. The zero-order valence-corrected chi connectivity index (χ0v) is 14.8. The molecule has 0 radical (unpaired) electrons. The molecular weight excluding hydrogens is 330 g/mol. The minimum Gasteiger partial charge on any atom is -0.508 e. The molecule has 2 aromatic heterocycles. The van der Waals surface area contributed by atoms with Crippen molar-refractivity contribution in [1.82, 2.24) is 19.7 Å². The molecule has 1 fully saturated rings. The summed E-state index contributed by atoms with van der Waals surface area (Å²) < 4.78 is 1.76. The van der Waals surface area contributed by atoms with E-state index in [2.05, 4.69) is 10.4 Å². The fourth-order valence-electron chi connectivity index (χ4n) is 3.55. The molecule has 3 N–H and O–H groups in total. The lowest BCUT2D eigenvalue weighted by molar-refractivity contribution is 0.191. The van der Waals surface area contributed by atoms with Crippen LogP contribution in [0, 0.1) is 0 Å². The number of nitrogens with one attached hydrogen (secondary N) is 1. The summed E-state index contributed by atoms with van der Waals surface area (Å²) in [6.45, 7) is 0.315. The van der Waals surface area contributed by atoms with Gasteiger partial charge in [0.15, 0.2) is 5.65 Å². The third kappa shape index (κ3) is 3.22. The predicted molar refractivity (Wildman–Crippen MR) is 99.1 cm³/mol. The number of hydrogen-bond donors (Lipinski definition) is 3. The highest BCUT2D eigenvalue weighted by atomic mass is 16.3. The van der Waals surface area contributed by atoms with Crippen molar-refractivity contribution in [2.24, 2.45) is 7.05 Å². The number of aliphatic hydroxyl groups is 1. The molecule has 0 bridgehead atoms.